The first-order chi connectivity index (χ1) is 11.3. The third-order valence-electron chi connectivity index (χ3n) is 4.63. The van der Waals surface area contributed by atoms with Crippen LogP contribution in [0.5, 0.6) is 0 Å². The molecule has 1 saturated heterocycles. The van der Waals surface area contributed by atoms with Gasteiger partial charge in [0.25, 0.3) is 0 Å². The molecule has 1 unspecified atom stereocenters. The first-order valence-corrected chi connectivity index (χ1v) is 8.27. The van der Waals surface area contributed by atoms with Crippen molar-refractivity contribution < 1.29 is 4.52 Å². The molecule has 126 valence electrons. The van der Waals surface area contributed by atoms with Crippen molar-refractivity contribution in [2.75, 3.05) is 6.54 Å². The molecule has 0 saturated carbocycles. The molecule has 0 radical (unpaired) electrons. The standard InChI is InChI=1S/C17H22N6O/c1-10-8-11(2)23-15(19-10)12(9-18-23)14-20-16(24-21-14)13-6-7-22(13)17(3,4)5/h8-9,13H,6-7H2,1-5H3. The molecule has 0 bridgehead atoms. The van der Waals surface area contributed by atoms with E-state index in [-0.39, 0.29) is 11.6 Å². The molecule has 0 spiro atoms. The molecular weight excluding hydrogens is 304 g/mol. The summed E-state index contributed by atoms with van der Waals surface area (Å²) in [6, 6.07) is 2.20. The minimum atomic E-state index is 0.0950. The third kappa shape index (κ3) is 2.31. The Morgan fingerprint density at radius 1 is 1.21 bits per heavy atom. The summed E-state index contributed by atoms with van der Waals surface area (Å²) in [6.45, 7) is 11.7. The van der Waals surface area contributed by atoms with Gasteiger partial charge in [0.2, 0.25) is 11.7 Å². The predicted octanol–water partition coefficient (Wildman–Crippen LogP) is 2.94. The Kier molecular flexibility index (Phi) is 3.25. The van der Waals surface area contributed by atoms with Crippen LogP contribution in [0.25, 0.3) is 17.0 Å². The maximum absolute atomic E-state index is 5.56. The molecule has 3 aromatic rings. The van der Waals surface area contributed by atoms with Crippen LogP contribution < -0.4 is 0 Å². The van der Waals surface area contributed by atoms with Crippen LogP contribution in [0.1, 0.15) is 50.5 Å². The fourth-order valence-electron chi connectivity index (χ4n) is 3.36. The highest BCUT2D eigenvalue weighted by Gasteiger charge is 2.40. The van der Waals surface area contributed by atoms with Gasteiger partial charge in [0.1, 0.15) is 0 Å². The highest BCUT2D eigenvalue weighted by molar-refractivity contribution is 5.72. The lowest BCUT2D eigenvalue weighted by Crippen LogP contribution is -2.52. The molecule has 1 atom stereocenters. The second-order valence-electron chi connectivity index (χ2n) is 7.46. The topological polar surface area (TPSA) is 72.3 Å². The van der Waals surface area contributed by atoms with Crippen molar-refractivity contribution in [2.45, 2.75) is 52.6 Å². The first kappa shape index (κ1) is 15.3. The number of aromatic nitrogens is 5. The lowest BCUT2D eigenvalue weighted by atomic mass is 9.93. The van der Waals surface area contributed by atoms with Gasteiger partial charge in [-0.2, -0.15) is 10.1 Å². The fourth-order valence-corrected chi connectivity index (χ4v) is 3.36. The van der Waals surface area contributed by atoms with Crippen LogP contribution in [0.3, 0.4) is 0 Å². The van der Waals surface area contributed by atoms with E-state index in [9.17, 15) is 0 Å². The zero-order valence-electron chi connectivity index (χ0n) is 14.7. The first-order valence-electron chi connectivity index (χ1n) is 8.27. The van der Waals surface area contributed by atoms with E-state index >= 15 is 0 Å². The van der Waals surface area contributed by atoms with Crippen molar-refractivity contribution in [3.05, 3.63) is 29.5 Å². The van der Waals surface area contributed by atoms with Crippen molar-refractivity contribution in [2.24, 2.45) is 0 Å². The van der Waals surface area contributed by atoms with Crippen molar-refractivity contribution >= 4 is 5.65 Å². The van der Waals surface area contributed by atoms with Crippen molar-refractivity contribution in [3.63, 3.8) is 0 Å². The summed E-state index contributed by atoms with van der Waals surface area (Å²) in [6.07, 6.45) is 2.80. The van der Waals surface area contributed by atoms with E-state index in [1.807, 2.05) is 24.4 Å². The van der Waals surface area contributed by atoms with Crippen LogP contribution in [0.4, 0.5) is 0 Å². The molecule has 0 amide bonds. The lowest BCUT2D eigenvalue weighted by Gasteiger charge is -2.47. The molecule has 1 fully saturated rings. The molecule has 0 aromatic carbocycles. The summed E-state index contributed by atoms with van der Waals surface area (Å²) in [4.78, 5) is 11.6. The molecule has 1 aliphatic heterocycles. The van der Waals surface area contributed by atoms with E-state index in [0.29, 0.717) is 11.7 Å². The molecule has 7 nitrogen and oxygen atoms in total. The van der Waals surface area contributed by atoms with Crippen LogP contribution >= 0.6 is 0 Å². The molecule has 4 rings (SSSR count). The number of likely N-dealkylation sites (tertiary alicyclic amines) is 1. The SMILES string of the molecule is Cc1cc(C)n2ncc(-c3noc(C4CCN4C(C)(C)C)n3)c2n1. The molecule has 1 aliphatic rings. The van der Waals surface area contributed by atoms with Crippen LogP contribution in [0.2, 0.25) is 0 Å². The Morgan fingerprint density at radius 2 is 2.00 bits per heavy atom. The summed E-state index contributed by atoms with van der Waals surface area (Å²) in [7, 11) is 0. The van der Waals surface area contributed by atoms with Gasteiger partial charge in [-0.15, -0.1) is 0 Å². The van der Waals surface area contributed by atoms with Gasteiger partial charge in [-0.1, -0.05) is 5.16 Å². The highest BCUT2D eigenvalue weighted by atomic mass is 16.5. The van der Waals surface area contributed by atoms with Crippen molar-refractivity contribution in [1.29, 1.82) is 0 Å². The Labute approximate surface area is 140 Å². The second kappa shape index (κ2) is 5.11. The van der Waals surface area contributed by atoms with E-state index in [4.69, 9.17) is 4.52 Å². The fraction of sp³-hybridized carbons (Fsp3) is 0.529. The van der Waals surface area contributed by atoms with E-state index in [2.05, 4.69) is 45.9 Å². The van der Waals surface area contributed by atoms with E-state index in [0.717, 1.165) is 35.6 Å². The monoisotopic (exact) mass is 326 g/mol. The number of nitrogens with zero attached hydrogens (tertiary/aromatic N) is 6. The Balaban J connectivity index is 1.71. The third-order valence-corrected chi connectivity index (χ3v) is 4.63. The number of hydrogen-bond acceptors (Lipinski definition) is 6. The van der Waals surface area contributed by atoms with E-state index in [1.54, 1.807) is 6.20 Å². The molecule has 3 aromatic heterocycles. The van der Waals surface area contributed by atoms with Gasteiger partial charge in [-0.25, -0.2) is 9.50 Å². The average molecular weight is 326 g/mol. The van der Waals surface area contributed by atoms with Crippen molar-refractivity contribution in [3.8, 4) is 11.4 Å². The minimum Gasteiger partial charge on any atom is -0.337 e. The molecule has 0 aliphatic carbocycles. The Bertz CT molecular complexity index is 904. The number of fused-ring (bicyclic) bond motifs is 1. The lowest BCUT2D eigenvalue weighted by molar-refractivity contribution is -0.0159. The maximum Gasteiger partial charge on any atom is 0.244 e. The summed E-state index contributed by atoms with van der Waals surface area (Å²) in [5.74, 6) is 1.23. The zero-order chi connectivity index (χ0) is 17.1. The van der Waals surface area contributed by atoms with Gasteiger partial charge in [0, 0.05) is 23.5 Å². The van der Waals surface area contributed by atoms with Gasteiger partial charge in [0.05, 0.1) is 17.8 Å². The van der Waals surface area contributed by atoms with Crippen LogP contribution in [-0.2, 0) is 0 Å². The smallest absolute Gasteiger partial charge is 0.244 e. The quantitative estimate of drug-likeness (QED) is 0.721. The second-order valence-corrected chi connectivity index (χ2v) is 7.46. The van der Waals surface area contributed by atoms with Crippen LogP contribution in [0, 0.1) is 13.8 Å². The molecule has 24 heavy (non-hydrogen) atoms. The molecule has 4 heterocycles. The van der Waals surface area contributed by atoms with Gasteiger partial charge in [-0.05, 0) is 47.1 Å². The van der Waals surface area contributed by atoms with Crippen molar-refractivity contribution in [1.82, 2.24) is 29.6 Å². The summed E-state index contributed by atoms with van der Waals surface area (Å²) < 4.78 is 7.37. The van der Waals surface area contributed by atoms with Crippen LogP contribution in [-0.4, -0.2) is 41.7 Å². The van der Waals surface area contributed by atoms with E-state index in [1.165, 1.54) is 0 Å². The van der Waals surface area contributed by atoms with Gasteiger partial charge in [-0.3, -0.25) is 4.90 Å². The Hall–Kier alpha value is -2.28. The largest absolute Gasteiger partial charge is 0.337 e. The summed E-state index contributed by atoms with van der Waals surface area (Å²) in [5.41, 5.74) is 3.64. The average Bonchev–Trinajstić information content (AvgIpc) is 3.01. The summed E-state index contributed by atoms with van der Waals surface area (Å²) in [5, 5.41) is 8.58. The van der Waals surface area contributed by atoms with Gasteiger partial charge in [0.15, 0.2) is 5.65 Å². The van der Waals surface area contributed by atoms with E-state index < -0.39 is 0 Å². The van der Waals surface area contributed by atoms with Gasteiger partial charge < -0.3 is 4.52 Å². The number of rotatable bonds is 2. The predicted molar refractivity (Wildman–Crippen MR) is 89.6 cm³/mol. The molecule has 0 N–H and O–H groups in total. The Morgan fingerprint density at radius 3 is 2.67 bits per heavy atom. The van der Waals surface area contributed by atoms with Crippen LogP contribution in [0.15, 0.2) is 16.8 Å². The number of aryl methyl sites for hydroxylation is 2. The minimum absolute atomic E-state index is 0.0950. The highest BCUT2D eigenvalue weighted by Crippen LogP contribution is 2.38. The maximum atomic E-state index is 5.56. The zero-order valence-corrected chi connectivity index (χ0v) is 14.7. The van der Waals surface area contributed by atoms with Gasteiger partial charge >= 0.3 is 0 Å². The number of hydrogen-bond donors (Lipinski definition) is 0. The molecule has 7 heteroatoms. The normalized spacial score (nSPS) is 19.0. The summed E-state index contributed by atoms with van der Waals surface area (Å²) >= 11 is 0. The molecular formula is C17H22N6O.